The first-order chi connectivity index (χ1) is 10.2. The molecule has 0 aliphatic heterocycles. The minimum Gasteiger partial charge on any atom is -0.380 e. The fourth-order valence-corrected chi connectivity index (χ4v) is 2.74. The molecule has 1 aromatic heterocycles. The lowest BCUT2D eigenvalue weighted by molar-refractivity contribution is -0.116. The van der Waals surface area contributed by atoms with Gasteiger partial charge in [0.25, 0.3) is 0 Å². The first-order valence-corrected chi connectivity index (χ1v) is 8.11. The molecule has 2 rings (SSSR count). The summed E-state index contributed by atoms with van der Waals surface area (Å²) >= 11 is 7.25. The van der Waals surface area contributed by atoms with Crippen molar-refractivity contribution in [2.45, 2.75) is 32.7 Å². The maximum atomic E-state index is 11.7. The molecule has 0 saturated heterocycles. The highest BCUT2D eigenvalue weighted by atomic mass is 35.5. The summed E-state index contributed by atoms with van der Waals surface area (Å²) in [5.74, 6) is 0.0586. The van der Waals surface area contributed by atoms with E-state index >= 15 is 0 Å². The number of halogens is 1. The Morgan fingerprint density at radius 2 is 2.19 bits per heavy atom. The molecule has 1 heterocycles. The lowest BCUT2D eigenvalue weighted by Crippen LogP contribution is -2.11. The van der Waals surface area contributed by atoms with Gasteiger partial charge in [0.05, 0.1) is 6.54 Å². The van der Waals surface area contributed by atoms with E-state index in [1.54, 1.807) is 6.20 Å². The highest BCUT2D eigenvalue weighted by Gasteiger charge is 2.03. The number of nitrogens with zero attached hydrogens (tertiary/aromatic N) is 1. The summed E-state index contributed by atoms with van der Waals surface area (Å²) in [5.41, 5.74) is 1.76. The molecule has 0 atom stereocenters. The summed E-state index contributed by atoms with van der Waals surface area (Å²) in [7, 11) is 0. The number of rotatable bonds is 7. The molecule has 0 fully saturated rings. The van der Waals surface area contributed by atoms with Gasteiger partial charge in [0.15, 0.2) is 4.47 Å². The average molecular weight is 324 g/mol. The molecule has 0 spiro atoms. The molecule has 1 amide bonds. The van der Waals surface area contributed by atoms with E-state index in [-0.39, 0.29) is 5.91 Å². The van der Waals surface area contributed by atoms with Crippen molar-refractivity contribution in [1.29, 1.82) is 0 Å². The molecule has 0 saturated carbocycles. The van der Waals surface area contributed by atoms with Crippen LogP contribution in [0.3, 0.4) is 0 Å². The molecule has 2 aromatic rings. The third-order valence-electron chi connectivity index (χ3n) is 2.90. The van der Waals surface area contributed by atoms with Crippen LogP contribution in [0.4, 0.5) is 11.4 Å². The van der Waals surface area contributed by atoms with Gasteiger partial charge in [-0.05, 0) is 24.6 Å². The highest BCUT2D eigenvalue weighted by Crippen LogP contribution is 2.20. The molecule has 0 radical (unpaired) electrons. The van der Waals surface area contributed by atoms with Crippen molar-refractivity contribution in [2.24, 2.45) is 0 Å². The summed E-state index contributed by atoms with van der Waals surface area (Å²) in [6.07, 6.45) is 4.26. The van der Waals surface area contributed by atoms with E-state index < -0.39 is 0 Å². The molecule has 0 aliphatic carbocycles. The predicted molar refractivity (Wildman–Crippen MR) is 89.0 cm³/mol. The van der Waals surface area contributed by atoms with Gasteiger partial charge >= 0.3 is 0 Å². The van der Waals surface area contributed by atoms with E-state index in [1.807, 2.05) is 24.3 Å². The van der Waals surface area contributed by atoms with Crippen LogP contribution in [0.1, 0.15) is 31.1 Å². The molecule has 112 valence electrons. The van der Waals surface area contributed by atoms with Crippen molar-refractivity contribution in [3.8, 4) is 0 Å². The second-order valence-corrected chi connectivity index (χ2v) is 6.36. The Morgan fingerprint density at radius 3 is 2.90 bits per heavy atom. The zero-order chi connectivity index (χ0) is 15.1. The number of carbonyl (C=O) groups excluding carboxylic acids is 1. The molecule has 6 heteroatoms. The van der Waals surface area contributed by atoms with Gasteiger partial charge in [-0.25, -0.2) is 4.98 Å². The van der Waals surface area contributed by atoms with Crippen molar-refractivity contribution in [3.63, 3.8) is 0 Å². The zero-order valence-electron chi connectivity index (χ0n) is 11.9. The van der Waals surface area contributed by atoms with Crippen LogP contribution in [0.25, 0.3) is 0 Å². The largest absolute Gasteiger partial charge is 0.380 e. The smallest absolute Gasteiger partial charge is 0.224 e. The molecule has 21 heavy (non-hydrogen) atoms. The molecule has 1 aromatic carbocycles. The third kappa shape index (κ3) is 5.36. The lowest BCUT2D eigenvalue weighted by atomic mass is 10.2. The summed E-state index contributed by atoms with van der Waals surface area (Å²) in [4.78, 5) is 16.8. The van der Waals surface area contributed by atoms with Crippen molar-refractivity contribution < 1.29 is 4.79 Å². The van der Waals surface area contributed by atoms with Gasteiger partial charge in [0.1, 0.15) is 0 Å². The van der Waals surface area contributed by atoms with Crippen molar-refractivity contribution in [1.82, 2.24) is 4.98 Å². The number of hydrogen-bond acceptors (Lipinski definition) is 4. The number of hydrogen-bond donors (Lipinski definition) is 2. The van der Waals surface area contributed by atoms with Gasteiger partial charge < -0.3 is 10.6 Å². The molecule has 0 aliphatic rings. The fourth-order valence-electron chi connectivity index (χ4n) is 1.82. The van der Waals surface area contributed by atoms with Gasteiger partial charge in [-0.2, -0.15) is 0 Å². The van der Waals surface area contributed by atoms with Crippen LogP contribution in [0.15, 0.2) is 30.5 Å². The molecular formula is C15H18ClN3OS. The predicted octanol–water partition coefficient (Wildman–Crippen LogP) is 4.54. The molecule has 4 nitrogen and oxygen atoms in total. The second kappa shape index (κ2) is 8.00. The van der Waals surface area contributed by atoms with Crippen LogP contribution in [-0.4, -0.2) is 10.9 Å². The highest BCUT2D eigenvalue weighted by molar-refractivity contribution is 7.15. The molecule has 0 bridgehead atoms. The normalized spacial score (nSPS) is 10.4. The minimum absolute atomic E-state index is 0.0586. The van der Waals surface area contributed by atoms with Gasteiger partial charge in [0.2, 0.25) is 5.91 Å². The summed E-state index contributed by atoms with van der Waals surface area (Å²) < 4.78 is 0.545. The van der Waals surface area contributed by atoms with E-state index in [1.165, 1.54) is 11.3 Å². The molecule has 2 N–H and O–H groups in total. The van der Waals surface area contributed by atoms with Gasteiger partial charge in [-0.3, -0.25) is 4.79 Å². The van der Waals surface area contributed by atoms with E-state index in [4.69, 9.17) is 11.6 Å². The van der Waals surface area contributed by atoms with Crippen LogP contribution < -0.4 is 10.6 Å². The maximum absolute atomic E-state index is 11.7. The zero-order valence-corrected chi connectivity index (χ0v) is 13.4. The number of thiazole rings is 1. The maximum Gasteiger partial charge on any atom is 0.224 e. The summed E-state index contributed by atoms with van der Waals surface area (Å²) in [5, 5.41) is 6.20. The fraction of sp³-hybridized carbons (Fsp3) is 0.333. The third-order valence-corrected chi connectivity index (χ3v) is 4.01. The Morgan fingerprint density at radius 1 is 1.38 bits per heavy atom. The topological polar surface area (TPSA) is 54.0 Å². The monoisotopic (exact) mass is 323 g/mol. The van der Waals surface area contributed by atoms with E-state index in [0.717, 1.165) is 29.1 Å². The lowest BCUT2D eigenvalue weighted by Gasteiger charge is -2.08. The van der Waals surface area contributed by atoms with Gasteiger partial charge in [-0.15, -0.1) is 11.3 Å². The number of anilines is 2. The Labute approximate surface area is 133 Å². The van der Waals surface area contributed by atoms with Gasteiger partial charge in [0, 0.05) is 28.9 Å². The molecule has 0 unspecified atom stereocenters. The van der Waals surface area contributed by atoms with Crippen LogP contribution in [0, 0.1) is 0 Å². The number of carbonyl (C=O) groups is 1. The number of aromatic nitrogens is 1. The molecular weight excluding hydrogens is 306 g/mol. The van der Waals surface area contributed by atoms with E-state index in [0.29, 0.717) is 17.4 Å². The second-order valence-electron chi connectivity index (χ2n) is 4.67. The first-order valence-electron chi connectivity index (χ1n) is 6.91. The van der Waals surface area contributed by atoms with E-state index in [9.17, 15) is 4.79 Å². The van der Waals surface area contributed by atoms with Crippen molar-refractivity contribution in [2.75, 3.05) is 10.6 Å². The van der Waals surface area contributed by atoms with Crippen molar-refractivity contribution in [3.05, 3.63) is 39.8 Å². The Balaban J connectivity index is 1.89. The van der Waals surface area contributed by atoms with Crippen LogP contribution >= 0.6 is 22.9 Å². The van der Waals surface area contributed by atoms with Crippen LogP contribution in [0.2, 0.25) is 4.47 Å². The number of benzene rings is 1. The summed E-state index contributed by atoms with van der Waals surface area (Å²) in [6, 6.07) is 7.69. The van der Waals surface area contributed by atoms with Crippen molar-refractivity contribution >= 4 is 40.2 Å². The minimum atomic E-state index is 0.0586. The first kappa shape index (κ1) is 15.8. The SMILES string of the molecule is CCCCC(=O)Nc1cccc(NCc2cnc(Cl)s2)c1. The number of unbranched alkanes of at least 4 members (excludes halogenated alkanes) is 1. The summed E-state index contributed by atoms with van der Waals surface area (Å²) in [6.45, 7) is 2.74. The van der Waals surface area contributed by atoms with Crippen LogP contribution in [-0.2, 0) is 11.3 Å². The number of nitrogens with one attached hydrogen (secondary N) is 2. The average Bonchev–Trinajstić information content (AvgIpc) is 2.89. The van der Waals surface area contributed by atoms with E-state index in [2.05, 4.69) is 22.5 Å². The Kier molecular flexibility index (Phi) is 6.02. The van der Waals surface area contributed by atoms with Crippen LogP contribution in [0.5, 0.6) is 0 Å². The quantitative estimate of drug-likeness (QED) is 0.786. The standard InChI is InChI=1S/C15H18ClN3OS/c1-2-3-7-14(20)19-12-6-4-5-11(8-12)17-9-13-10-18-15(16)21-13/h4-6,8,10,17H,2-3,7,9H2,1H3,(H,19,20). The Bertz CT molecular complexity index is 600. The van der Waals surface area contributed by atoms with Gasteiger partial charge in [-0.1, -0.05) is 31.0 Å². The Hall–Kier alpha value is -1.59. The number of amides is 1.